The minimum absolute atomic E-state index is 0.246. The molecule has 1 aliphatic heterocycles. The molecule has 0 aromatic heterocycles. The van der Waals surface area contributed by atoms with E-state index in [0.717, 1.165) is 37.3 Å². The van der Waals surface area contributed by atoms with E-state index in [0.29, 0.717) is 6.42 Å². The second-order valence-electron chi connectivity index (χ2n) is 4.64. The van der Waals surface area contributed by atoms with Crippen molar-refractivity contribution in [2.45, 2.75) is 26.2 Å². The molecule has 1 saturated heterocycles. The SMILES string of the molecule is CCSCCCNc1ccccc1N1CCCC1=O. The number of nitrogens with one attached hydrogen (secondary N) is 1. The predicted molar refractivity (Wildman–Crippen MR) is 84.1 cm³/mol. The summed E-state index contributed by atoms with van der Waals surface area (Å²) in [5.74, 6) is 2.61. The Hall–Kier alpha value is -1.16. The van der Waals surface area contributed by atoms with E-state index in [9.17, 15) is 4.79 Å². The number of rotatable bonds is 7. The molecule has 0 unspecified atom stereocenters. The summed E-state index contributed by atoms with van der Waals surface area (Å²) < 4.78 is 0. The Bertz CT molecular complexity index is 422. The molecule has 19 heavy (non-hydrogen) atoms. The van der Waals surface area contributed by atoms with E-state index in [1.54, 1.807) is 0 Å². The average molecular weight is 278 g/mol. The second kappa shape index (κ2) is 7.43. The van der Waals surface area contributed by atoms with Gasteiger partial charge in [0.05, 0.1) is 11.4 Å². The standard InChI is InChI=1S/C15H22N2OS/c1-2-19-12-6-10-16-13-7-3-4-8-14(13)17-11-5-9-15(17)18/h3-4,7-8,16H,2,5-6,9-12H2,1H3. The molecular formula is C15H22N2OS. The van der Waals surface area contributed by atoms with Crippen molar-refractivity contribution in [2.24, 2.45) is 0 Å². The molecule has 1 aromatic rings. The molecule has 0 radical (unpaired) electrons. The third kappa shape index (κ3) is 3.90. The molecule has 1 fully saturated rings. The van der Waals surface area contributed by atoms with E-state index in [1.807, 2.05) is 34.9 Å². The van der Waals surface area contributed by atoms with Gasteiger partial charge in [-0.05, 0) is 36.5 Å². The van der Waals surface area contributed by atoms with Crippen molar-refractivity contribution < 1.29 is 4.79 Å². The van der Waals surface area contributed by atoms with Crippen LogP contribution in [0.25, 0.3) is 0 Å². The summed E-state index contributed by atoms with van der Waals surface area (Å²) in [4.78, 5) is 13.7. The number of para-hydroxylation sites is 2. The van der Waals surface area contributed by atoms with Crippen LogP contribution in [0.5, 0.6) is 0 Å². The number of benzene rings is 1. The number of thioether (sulfide) groups is 1. The van der Waals surface area contributed by atoms with Crippen LogP contribution in [0.2, 0.25) is 0 Å². The molecule has 2 rings (SSSR count). The van der Waals surface area contributed by atoms with Crippen molar-refractivity contribution in [3.8, 4) is 0 Å². The fraction of sp³-hybridized carbons (Fsp3) is 0.533. The van der Waals surface area contributed by atoms with Gasteiger partial charge in [-0.2, -0.15) is 11.8 Å². The number of carbonyl (C=O) groups excluding carboxylic acids is 1. The van der Waals surface area contributed by atoms with Crippen LogP contribution in [0.1, 0.15) is 26.2 Å². The van der Waals surface area contributed by atoms with E-state index >= 15 is 0 Å². The molecule has 0 aliphatic carbocycles. The first kappa shape index (κ1) is 14.3. The highest BCUT2D eigenvalue weighted by Crippen LogP contribution is 2.29. The van der Waals surface area contributed by atoms with Gasteiger partial charge < -0.3 is 10.2 Å². The highest BCUT2D eigenvalue weighted by atomic mass is 32.2. The molecule has 104 valence electrons. The summed E-state index contributed by atoms with van der Waals surface area (Å²) in [6.07, 6.45) is 2.81. The Kier molecular flexibility index (Phi) is 5.58. The van der Waals surface area contributed by atoms with Crippen LogP contribution in [0, 0.1) is 0 Å². The molecule has 0 atom stereocenters. The Balaban J connectivity index is 1.94. The van der Waals surface area contributed by atoms with Crippen LogP contribution < -0.4 is 10.2 Å². The zero-order valence-corrected chi connectivity index (χ0v) is 12.3. The fourth-order valence-electron chi connectivity index (χ4n) is 2.30. The van der Waals surface area contributed by atoms with Gasteiger partial charge in [-0.15, -0.1) is 0 Å². The highest BCUT2D eigenvalue weighted by molar-refractivity contribution is 7.99. The van der Waals surface area contributed by atoms with Crippen LogP contribution in [-0.4, -0.2) is 30.5 Å². The molecule has 4 heteroatoms. The van der Waals surface area contributed by atoms with Crippen molar-refractivity contribution in [3.05, 3.63) is 24.3 Å². The van der Waals surface area contributed by atoms with Gasteiger partial charge in [0.25, 0.3) is 0 Å². The summed E-state index contributed by atoms with van der Waals surface area (Å²) >= 11 is 1.97. The molecule has 0 saturated carbocycles. The molecule has 1 heterocycles. The lowest BCUT2D eigenvalue weighted by Gasteiger charge is -2.20. The van der Waals surface area contributed by atoms with Gasteiger partial charge in [0.1, 0.15) is 0 Å². The summed E-state index contributed by atoms with van der Waals surface area (Å²) in [5, 5.41) is 3.46. The topological polar surface area (TPSA) is 32.3 Å². The lowest BCUT2D eigenvalue weighted by atomic mass is 10.2. The van der Waals surface area contributed by atoms with Gasteiger partial charge in [-0.3, -0.25) is 4.79 Å². The van der Waals surface area contributed by atoms with Gasteiger partial charge >= 0.3 is 0 Å². The lowest BCUT2D eigenvalue weighted by molar-refractivity contribution is -0.117. The monoisotopic (exact) mass is 278 g/mol. The normalized spacial score (nSPS) is 15.0. The number of carbonyl (C=O) groups is 1. The third-order valence-corrected chi connectivity index (χ3v) is 4.24. The van der Waals surface area contributed by atoms with Crippen molar-refractivity contribution in [2.75, 3.05) is 34.8 Å². The second-order valence-corrected chi connectivity index (χ2v) is 6.04. The smallest absolute Gasteiger partial charge is 0.227 e. The quantitative estimate of drug-likeness (QED) is 0.776. The zero-order valence-electron chi connectivity index (χ0n) is 11.5. The van der Waals surface area contributed by atoms with E-state index in [2.05, 4.69) is 18.3 Å². The number of amides is 1. The number of nitrogens with zero attached hydrogens (tertiary/aromatic N) is 1. The van der Waals surface area contributed by atoms with Crippen molar-refractivity contribution >= 4 is 29.0 Å². The summed E-state index contributed by atoms with van der Waals surface area (Å²) in [6, 6.07) is 8.12. The van der Waals surface area contributed by atoms with Gasteiger partial charge in [0.2, 0.25) is 5.91 Å². The maximum Gasteiger partial charge on any atom is 0.227 e. The minimum atomic E-state index is 0.246. The van der Waals surface area contributed by atoms with Crippen molar-refractivity contribution in [1.82, 2.24) is 0 Å². The first-order valence-electron chi connectivity index (χ1n) is 7.04. The lowest BCUT2D eigenvalue weighted by Crippen LogP contribution is -2.24. The van der Waals surface area contributed by atoms with Crippen LogP contribution in [0.3, 0.4) is 0 Å². The fourth-order valence-corrected chi connectivity index (χ4v) is 2.94. The maximum atomic E-state index is 11.8. The highest BCUT2D eigenvalue weighted by Gasteiger charge is 2.23. The Morgan fingerprint density at radius 3 is 2.95 bits per heavy atom. The molecule has 0 bridgehead atoms. The summed E-state index contributed by atoms with van der Waals surface area (Å²) in [5.41, 5.74) is 2.12. The first-order valence-corrected chi connectivity index (χ1v) is 8.19. The van der Waals surface area contributed by atoms with E-state index in [1.165, 1.54) is 11.5 Å². The van der Waals surface area contributed by atoms with Crippen molar-refractivity contribution in [1.29, 1.82) is 0 Å². The Labute approximate surface area is 119 Å². The van der Waals surface area contributed by atoms with Crippen LogP contribution >= 0.6 is 11.8 Å². The summed E-state index contributed by atoms with van der Waals surface area (Å²) in [7, 11) is 0. The number of hydrogen-bond acceptors (Lipinski definition) is 3. The van der Waals surface area contributed by atoms with Crippen LogP contribution in [0.15, 0.2) is 24.3 Å². The zero-order chi connectivity index (χ0) is 13.5. The minimum Gasteiger partial charge on any atom is -0.383 e. The molecule has 1 amide bonds. The molecule has 3 nitrogen and oxygen atoms in total. The number of hydrogen-bond donors (Lipinski definition) is 1. The number of anilines is 2. The summed E-state index contributed by atoms with van der Waals surface area (Å²) in [6.45, 7) is 4.00. The molecule has 1 aliphatic rings. The first-order chi connectivity index (χ1) is 9.33. The van der Waals surface area contributed by atoms with Gasteiger partial charge in [0.15, 0.2) is 0 Å². The van der Waals surface area contributed by atoms with E-state index < -0.39 is 0 Å². The predicted octanol–water partition coefficient (Wildman–Crippen LogP) is 3.37. The average Bonchev–Trinajstić information content (AvgIpc) is 2.85. The van der Waals surface area contributed by atoms with Crippen LogP contribution in [-0.2, 0) is 4.79 Å². The largest absolute Gasteiger partial charge is 0.383 e. The third-order valence-electron chi connectivity index (χ3n) is 3.25. The van der Waals surface area contributed by atoms with E-state index in [-0.39, 0.29) is 5.91 Å². The Morgan fingerprint density at radius 2 is 2.21 bits per heavy atom. The van der Waals surface area contributed by atoms with Crippen LogP contribution in [0.4, 0.5) is 11.4 Å². The molecule has 1 N–H and O–H groups in total. The van der Waals surface area contributed by atoms with Gasteiger partial charge in [0, 0.05) is 19.5 Å². The van der Waals surface area contributed by atoms with Gasteiger partial charge in [-0.1, -0.05) is 19.1 Å². The van der Waals surface area contributed by atoms with E-state index in [4.69, 9.17) is 0 Å². The van der Waals surface area contributed by atoms with Crippen molar-refractivity contribution in [3.63, 3.8) is 0 Å². The van der Waals surface area contributed by atoms with Gasteiger partial charge in [-0.25, -0.2) is 0 Å². The molecule has 0 spiro atoms. The Morgan fingerprint density at radius 1 is 1.37 bits per heavy atom. The molecular weight excluding hydrogens is 256 g/mol. The maximum absolute atomic E-state index is 11.8. The molecule has 1 aromatic carbocycles.